The lowest BCUT2D eigenvalue weighted by atomic mass is 9.73. The van der Waals surface area contributed by atoms with Crippen LogP contribution < -0.4 is 0 Å². The van der Waals surface area contributed by atoms with Gasteiger partial charge in [-0.3, -0.25) is 9.69 Å². The second kappa shape index (κ2) is 3.34. The van der Waals surface area contributed by atoms with Crippen molar-refractivity contribution in [2.45, 2.75) is 45.6 Å². The van der Waals surface area contributed by atoms with E-state index in [2.05, 4.69) is 25.7 Å². The molecule has 2 atom stereocenters. The summed E-state index contributed by atoms with van der Waals surface area (Å²) in [6.07, 6.45) is 3.14. The first-order chi connectivity index (χ1) is 6.51. The van der Waals surface area contributed by atoms with Crippen molar-refractivity contribution in [3.05, 3.63) is 0 Å². The van der Waals surface area contributed by atoms with E-state index in [1.54, 1.807) is 0 Å². The van der Waals surface area contributed by atoms with Crippen LogP contribution in [0.2, 0.25) is 0 Å². The molecule has 0 aromatic heterocycles. The van der Waals surface area contributed by atoms with E-state index in [1.807, 2.05) is 0 Å². The highest BCUT2D eigenvalue weighted by Gasteiger charge is 2.45. The zero-order valence-corrected chi connectivity index (χ0v) is 9.55. The van der Waals surface area contributed by atoms with Gasteiger partial charge < -0.3 is 0 Å². The van der Waals surface area contributed by atoms with Crippen LogP contribution in [0.25, 0.3) is 0 Å². The molecule has 1 saturated carbocycles. The van der Waals surface area contributed by atoms with Crippen LogP contribution in [-0.4, -0.2) is 29.3 Å². The van der Waals surface area contributed by atoms with Gasteiger partial charge in [-0.15, -0.1) is 0 Å². The van der Waals surface area contributed by atoms with Gasteiger partial charge in [-0.25, -0.2) is 0 Å². The van der Waals surface area contributed by atoms with Crippen LogP contribution in [0.5, 0.6) is 0 Å². The molecule has 1 heterocycles. The zero-order chi connectivity index (χ0) is 10.3. The molecule has 0 spiro atoms. The summed E-state index contributed by atoms with van der Waals surface area (Å²) in [5, 5.41) is 0. The first kappa shape index (κ1) is 10.2. The van der Waals surface area contributed by atoms with E-state index < -0.39 is 0 Å². The van der Waals surface area contributed by atoms with Crippen molar-refractivity contribution in [1.29, 1.82) is 0 Å². The Morgan fingerprint density at radius 1 is 1.29 bits per heavy atom. The van der Waals surface area contributed by atoms with Crippen molar-refractivity contribution in [2.24, 2.45) is 11.8 Å². The maximum atomic E-state index is 12.0. The Labute approximate surface area is 86.7 Å². The standard InChI is InChI=1S/C12H21NO/c1-9-4-5-10(11(14)8-9)12(2,3)13-6-7-13/h9-10H,4-8H2,1-3H3/t9-,10-/m1/s1. The average molecular weight is 195 g/mol. The Hall–Kier alpha value is -0.370. The highest BCUT2D eigenvalue weighted by Crippen LogP contribution is 2.38. The minimum absolute atomic E-state index is 0.122. The summed E-state index contributed by atoms with van der Waals surface area (Å²) in [5.41, 5.74) is 0.122. The fourth-order valence-electron chi connectivity index (χ4n) is 2.79. The van der Waals surface area contributed by atoms with Crippen LogP contribution in [-0.2, 0) is 4.79 Å². The van der Waals surface area contributed by atoms with Crippen molar-refractivity contribution in [3.63, 3.8) is 0 Å². The highest BCUT2D eigenvalue weighted by molar-refractivity contribution is 5.83. The summed E-state index contributed by atoms with van der Waals surface area (Å²) < 4.78 is 0. The van der Waals surface area contributed by atoms with E-state index >= 15 is 0 Å². The number of rotatable bonds is 2. The van der Waals surface area contributed by atoms with Gasteiger partial charge in [0, 0.05) is 31.0 Å². The van der Waals surface area contributed by atoms with Crippen LogP contribution in [0.3, 0.4) is 0 Å². The third-order valence-electron chi connectivity index (χ3n) is 4.00. The number of carbonyl (C=O) groups excluding carboxylic acids is 1. The minimum atomic E-state index is 0.122. The monoisotopic (exact) mass is 195 g/mol. The first-order valence-electron chi connectivity index (χ1n) is 5.79. The molecular weight excluding hydrogens is 174 g/mol. The van der Waals surface area contributed by atoms with Crippen LogP contribution in [0, 0.1) is 11.8 Å². The quantitative estimate of drug-likeness (QED) is 0.629. The summed E-state index contributed by atoms with van der Waals surface area (Å²) >= 11 is 0. The zero-order valence-electron chi connectivity index (χ0n) is 9.55. The third kappa shape index (κ3) is 1.72. The molecule has 14 heavy (non-hydrogen) atoms. The molecule has 2 nitrogen and oxygen atoms in total. The van der Waals surface area contributed by atoms with E-state index in [-0.39, 0.29) is 5.54 Å². The molecule has 0 radical (unpaired) electrons. The fourth-order valence-corrected chi connectivity index (χ4v) is 2.79. The Bertz CT molecular complexity index is 243. The molecule has 0 unspecified atom stereocenters. The average Bonchev–Trinajstić information content (AvgIpc) is 2.84. The Balaban J connectivity index is 2.06. The number of Topliss-reactive ketones (excluding diaryl/α,β-unsaturated/α-hetero) is 1. The van der Waals surface area contributed by atoms with Crippen LogP contribution >= 0.6 is 0 Å². The van der Waals surface area contributed by atoms with E-state index in [9.17, 15) is 4.79 Å². The second-order valence-corrected chi connectivity index (χ2v) is 5.55. The lowest BCUT2D eigenvalue weighted by Gasteiger charge is -2.38. The number of carbonyl (C=O) groups is 1. The molecule has 0 bridgehead atoms. The van der Waals surface area contributed by atoms with Crippen LogP contribution in [0.15, 0.2) is 0 Å². The van der Waals surface area contributed by atoms with Crippen LogP contribution in [0.4, 0.5) is 0 Å². The summed E-state index contributed by atoms with van der Waals surface area (Å²) in [4.78, 5) is 14.4. The molecule has 2 rings (SSSR count). The lowest BCUT2D eigenvalue weighted by Crippen LogP contribution is -2.45. The normalized spacial score (nSPS) is 34.6. The van der Waals surface area contributed by atoms with Gasteiger partial charge in [-0.2, -0.15) is 0 Å². The molecule has 0 N–H and O–H groups in total. The Morgan fingerprint density at radius 2 is 1.93 bits per heavy atom. The van der Waals surface area contributed by atoms with Gasteiger partial charge in [-0.1, -0.05) is 6.92 Å². The third-order valence-corrected chi connectivity index (χ3v) is 4.00. The van der Waals surface area contributed by atoms with Gasteiger partial charge in [0.15, 0.2) is 0 Å². The smallest absolute Gasteiger partial charge is 0.138 e. The van der Waals surface area contributed by atoms with Crippen molar-refractivity contribution in [3.8, 4) is 0 Å². The van der Waals surface area contributed by atoms with Crippen molar-refractivity contribution in [1.82, 2.24) is 4.90 Å². The van der Waals surface area contributed by atoms with Gasteiger partial charge in [0.1, 0.15) is 5.78 Å². The molecular formula is C12H21NO. The number of hydrogen-bond donors (Lipinski definition) is 0. The minimum Gasteiger partial charge on any atom is -0.299 e. The summed E-state index contributed by atoms with van der Waals surface area (Å²) in [6.45, 7) is 9.04. The second-order valence-electron chi connectivity index (χ2n) is 5.55. The van der Waals surface area contributed by atoms with Gasteiger partial charge in [0.25, 0.3) is 0 Å². The highest BCUT2D eigenvalue weighted by atomic mass is 16.1. The molecule has 0 amide bonds. The predicted molar refractivity (Wildman–Crippen MR) is 57.2 cm³/mol. The van der Waals surface area contributed by atoms with Gasteiger partial charge in [-0.05, 0) is 32.6 Å². The molecule has 1 saturated heterocycles. The largest absolute Gasteiger partial charge is 0.299 e. The summed E-state index contributed by atoms with van der Waals surface area (Å²) in [7, 11) is 0. The van der Waals surface area contributed by atoms with Crippen molar-refractivity contribution < 1.29 is 4.79 Å². The first-order valence-corrected chi connectivity index (χ1v) is 5.79. The maximum absolute atomic E-state index is 12.0. The number of hydrogen-bond acceptors (Lipinski definition) is 2. The van der Waals surface area contributed by atoms with Gasteiger partial charge in [0.2, 0.25) is 0 Å². The maximum Gasteiger partial charge on any atom is 0.138 e. The topological polar surface area (TPSA) is 20.1 Å². The summed E-state index contributed by atoms with van der Waals surface area (Å²) in [5.74, 6) is 1.41. The van der Waals surface area contributed by atoms with E-state index in [0.717, 1.165) is 12.8 Å². The van der Waals surface area contributed by atoms with Gasteiger partial charge in [0.05, 0.1) is 0 Å². The van der Waals surface area contributed by atoms with Gasteiger partial charge >= 0.3 is 0 Å². The molecule has 80 valence electrons. The Morgan fingerprint density at radius 3 is 2.43 bits per heavy atom. The van der Waals surface area contributed by atoms with Crippen molar-refractivity contribution >= 4 is 5.78 Å². The molecule has 0 aromatic carbocycles. The van der Waals surface area contributed by atoms with E-state index in [1.165, 1.54) is 19.5 Å². The molecule has 2 aliphatic rings. The predicted octanol–water partition coefficient (Wildman–Crippen LogP) is 2.09. The fraction of sp³-hybridized carbons (Fsp3) is 0.917. The Kier molecular flexibility index (Phi) is 2.42. The van der Waals surface area contributed by atoms with Crippen LogP contribution in [0.1, 0.15) is 40.0 Å². The number of ketones is 1. The molecule has 2 fully saturated rings. The molecule has 1 aliphatic carbocycles. The van der Waals surface area contributed by atoms with E-state index in [0.29, 0.717) is 17.6 Å². The van der Waals surface area contributed by atoms with Crippen molar-refractivity contribution in [2.75, 3.05) is 13.1 Å². The molecule has 2 heteroatoms. The SMILES string of the molecule is C[C@@H]1CC[C@@H](C(C)(C)N2CC2)C(=O)C1. The lowest BCUT2D eigenvalue weighted by molar-refractivity contribution is -0.129. The number of nitrogens with zero attached hydrogens (tertiary/aromatic N) is 1. The molecule has 0 aromatic rings. The van der Waals surface area contributed by atoms with E-state index in [4.69, 9.17) is 0 Å². The summed E-state index contributed by atoms with van der Waals surface area (Å²) in [6, 6.07) is 0. The molecule has 1 aliphatic heterocycles.